The lowest BCUT2D eigenvalue weighted by atomic mass is 10.1. The van der Waals surface area contributed by atoms with Gasteiger partial charge in [0.05, 0.1) is 12.5 Å². The Morgan fingerprint density at radius 1 is 1.25 bits per heavy atom. The highest BCUT2D eigenvalue weighted by Crippen LogP contribution is 2.13. The minimum atomic E-state index is -0.310. The minimum absolute atomic E-state index is 0. The van der Waals surface area contributed by atoms with E-state index >= 15 is 0 Å². The summed E-state index contributed by atoms with van der Waals surface area (Å²) in [5.41, 5.74) is 0. The molecule has 0 aliphatic carbocycles. The van der Waals surface area contributed by atoms with Gasteiger partial charge in [0.1, 0.15) is 0 Å². The van der Waals surface area contributed by atoms with Gasteiger partial charge in [-0.2, -0.15) is 0 Å². The van der Waals surface area contributed by atoms with Crippen molar-refractivity contribution in [3.05, 3.63) is 0 Å². The van der Waals surface area contributed by atoms with Crippen LogP contribution in [-0.4, -0.2) is 60.4 Å². The number of nitrogens with one attached hydrogen (secondary N) is 1. The van der Waals surface area contributed by atoms with E-state index in [0.717, 1.165) is 52.0 Å². The van der Waals surface area contributed by atoms with Crippen molar-refractivity contribution < 1.29 is 9.59 Å². The molecule has 5 nitrogen and oxygen atoms in total. The highest BCUT2D eigenvalue weighted by molar-refractivity contribution is 5.89. The number of carbonyl (C=O) groups excluding carboxylic acids is 2. The molecule has 0 bridgehead atoms. The molecule has 0 radical (unpaired) electrons. The fourth-order valence-corrected chi connectivity index (χ4v) is 2.89. The highest BCUT2D eigenvalue weighted by atomic mass is 35.5. The van der Waals surface area contributed by atoms with Gasteiger partial charge in [0.2, 0.25) is 11.8 Å². The van der Waals surface area contributed by atoms with Gasteiger partial charge in [-0.05, 0) is 25.7 Å². The highest BCUT2D eigenvalue weighted by Gasteiger charge is 2.31. The third-order valence-corrected chi connectivity index (χ3v) is 3.96. The van der Waals surface area contributed by atoms with Crippen LogP contribution in [0.2, 0.25) is 0 Å². The molecule has 116 valence electrons. The van der Waals surface area contributed by atoms with Crippen LogP contribution in [0.3, 0.4) is 0 Å². The van der Waals surface area contributed by atoms with Crippen LogP contribution in [0, 0.1) is 0 Å². The molecule has 6 heteroatoms. The number of likely N-dealkylation sites (tertiary alicyclic amines) is 1. The third kappa shape index (κ3) is 4.35. The number of carbonyl (C=O) groups is 2. The second-order valence-electron chi connectivity index (χ2n) is 5.48. The third-order valence-electron chi connectivity index (χ3n) is 3.96. The fraction of sp³-hybridized carbons (Fsp3) is 0.857. The predicted octanol–water partition coefficient (Wildman–Crippen LogP) is 1.02. The molecule has 0 aromatic heterocycles. The van der Waals surface area contributed by atoms with Gasteiger partial charge in [-0.25, -0.2) is 0 Å². The molecule has 0 aromatic rings. The summed E-state index contributed by atoms with van der Waals surface area (Å²) in [5, 5.41) is 3.19. The second kappa shape index (κ2) is 8.47. The average molecular weight is 304 g/mol. The van der Waals surface area contributed by atoms with Crippen molar-refractivity contribution in [1.82, 2.24) is 15.1 Å². The van der Waals surface area contributed by atoms with E-state index in [0.29, 0.717) is 6.42 Å². The zero-order valence-corrected chi connectivity index (χ0v) is 13.1. The summed E-state index contributed by atoms with van der Waals surface area (Å²) < 4.78 is 0. The molecule has 1 N–H and O–H groups in total. The first kappa shape index (κ1) is 17.2. The number of hydrogen-bond acceptors (Lipinski definition) is 3. The Hall–Kier alpha value is -0.810. The molecule has 0 spiro atoms. The van der Waals surface area contributed by atoms with Crippen LogP contribution < -0.4 is 5.32 Å². The van der Waals surface area contributed by atoms with Crippen molar-refractivity contribution in [2.24, 2.45) is 0 Å². The lowest BCUT2D eigenvalue weighted by Crippen LogP contribution is -2.56. The molecule has 2 rings (SSSR count). The maximum atomic E-state index is 12.2. The first-order valence-electron chi connectivity index (χ1n) is 7.52. The van der Waals surface area contributed by atoms with Crippen LogP contribution in [0.4, 0.5) is 0 Å². The number of halogens is 1. The number of rotatable bonds is 4. The van der Waals surface area contributed by atoms with Crippen molar-refractivity contribution in [2.75, 3.05) is 32.7 Å². The van der Waals surface area contributed by atoms with Crippen LogP contribution in [0.15, 0.2) is 0 Å². The van der Waals surface area contributed by atoms with Gasteiger partial charge in [-0.3, -0.25) is 9.59 Å². The smallest absolute Gasteiger partial charge is 0.240 e. The molecule has 2 heterocycles. The molecule has 1 atom stereocenters. The lowest BCUT2D eigenvalue weighted by molar-refractivity contribution is -0.141. The molecule has 2 aliphatic rings. The maximum Gasteiger partial charge on any atom is 0.240 e. The molecule has 1 unspecified atom stereocenters. The van der Waals surface area contributed by atoms with E-state index in [-0.39, 0.29) is 30.3 Å². The zero-order chi connectivity index (χ0) is 13.7. The van der Waals surface area contributed by atoms with Gasteiger partial charge in [0, 0.05) is 32.7 Å². The van der Waals surface area contributed by atoms with Gasteiger partial charge < -0.3 is 15.1 Å². The summed E-state index contributed by atoms with van der Waals surface area (Å²) in [6, 6.07) is -0.310. The van der Waals surface area contributed by atoms with Crippen molar-refractivity contribution in [3.63, 3.8) is 0 Å². The number of amides is 2. The van der Waals surface area contributed by atoms with E-state index in [2.05, 4.69) is 12.2 Å². The van der Waals surface area contributed by atoms with E-state index in [1.54, 1.807) is 0 Å². The van der Waals surface area contributed by atoms with E-state index in [1.807, 2.05) is 9.80 Å². The van der Waals surface area contributed by atoms with Crippen LogP contribution >= 0.6 is 12.4 Å². The number of piperazine rings is 1. The number of nitrogens with zero attached hydrogens (tertiary/aromatic N) is 2. The van der Waals surface area contributed by atoms with E-state index in [1.165, 1.54) is 6.42 Å². The van der Waals surface area contributed by atoms with E-state index < -0.39 is 0 Å². The fourth-order valence-electron chi connectivity index (χ4n) is 2.89. The van der Waals surface area contributed by atoms with Crippen LogP contribution in [-0.2, 0) is 9.59 Å². The zero-order valence-electron chi connectivity index (χ0n) is 12.3. The van der Waals surface area contributed by atoms with Crippen LogP contribution in [0.5, 0.6) is 0 Å². The molecule has 2 aliphatic heterocycles. The Labute approximate surface area is 127 Å². The monoisotopic (exact) mass is 303 g/mol. The lowest BCUT2D eigenvalue weighted by Gasteiger charge is -2.34. The van der Waals surface area contributed by atoms with Gasteiger partial charge in [-0.1, -0.05) is 6.92 Å². The maximum absolute atomic E-state index is 12.2. The second-order valence-corrected chi connectivity index (χ2v) is 5.48. The summed E-state index contributed by atoms with van der Waals surface area (Å²) in [7, 11) is 0. The van der Waals surface area contributed by atoms with Gasteiger partial charge in [0.15, 0.2) is 0 Å². The number of hydrogen-bond donors (Lipinski definition) is 1. The van der Waals surface area contributed by atoms with Crippen LogP contribution in [0.1, 0.15) is 39.0 Å². The topological polar surface area (TPSA) is 52.7 Å². The molecule has 20 heavy (non-hydrogen) atoms. The Morgan fingerprint density at radius 2 is 1.95 bits per heavy atom. The van der Waals surface area contributed by atoms with Crippen molar-refractivity contribution in [2.45, 2.75) is 45.1 Å². The van der Waals surface area contributed by atoms with E-state index in [4.69, 9.17) is 0 Å². The summed E-state index contributed by atoms with van der Waals surface area (Å²) in [6.07, 6.45) is 4.70. The Kier molecular flexibility index (Phi) is 7.30. The molecular weight excluding hydrogens is 278 g/mol. The largest absolute Gasteiger partial charge is 0.343 e. The summed E-state index contributed by atoms with van der Waals surface area (Å²) in [5.74, 6) is 0.224. The van der Waals surface area contributed by atoms with Crippen molar-refractivity contribution in [3.8, 4) is 0 Å². The predicted molar refractivity (Wildman–Crippen MR) is 81.0 cm³/mol. The molecular formula is C14H26ClN3O2. The van der Waals surface area contributed by atoms with E-state index in [9.17, 15) is 9.59 Å². The Morgan fingerprint density at radius 3 is 2.60 bits per heavy atom. The normalized spacial score (nSPS) is 23.4. The molecule has 2 fully saturated rings. The Bertz CT molecular complexity index is 330. The average Bonchev–Trinajstić information content (AvgIpc) is 2.44. The standard InChI is InChI=1S/C14H25N3O2.ClH/c1-2-7-17-10-6-15-12(14(17)19)11-13(18)16-8-4-3-5-9-16;/h12,15H,2-11H2,1H3;1H. The summed E-state index contributed by atoms with van der Waals surface area (Å²) in [4.78, 5) is 28.2. The van der Waals surface area contributed by atoms with Gasteiger partial charge in [-0.15, -0.1) is 12.4 Å². The first-order valence-corrected chi connectivity index (χ1v) is 7.52. The molecule has 0 aromatic carbocycles. The SMILES string of the molecule is CCCN1CCNC(CC(=O)N2CCCCC2)C1=O.Cl. The first-order chi connectivity index (χ1) is 9.22. The number of piperidine rings is 1. The van der Waals surface area contributed by atoms with Crippen molar-refractivity contribution >= 4 is 24.2 Å². The Balaban J connectivity index is 0.00000200. The quantitative estimate of drug-likeness (QED) is 0.844. The van der Waals surface area contributed by atoms with Gasteiger partial charge in [0.25, 0.3) is 0 Å². The summed E-state index contributed by atoms with van der Waals surface area (Å²) >= 11 is 0. The summed E-state index contributed by atoms with van der Waals surface area (Å²) in [6.45, 7) is 6.15. The van der Waals surface area contributed by atoms with Gasteiger partial charge >= 0.3 is 0 Å². The molecule has 0 saturated carbocycles. The molecule has 2 amide bonds. The van der Waals surface area contributed by atoms with Crippen LogP contribution in [0.25, 0.3) is 0 Å². The van der Waals surface area contributed by atoms with Crippen molar-refractivity contribution in [1.29, 1.82) is 0 Å². The minimum Gasteiger partial charge on any atom is -0.343 e. The molecule has 2 saturated heterocycles.